The van der Waals surface area contributed by atoms with Gasteiger partial charge in [-0.05, 0) is 54.5 Å². The number of hydrogen-bond acceptors (Lipinski definition) is 3. The van der Waals surface area contributed by atoms with Crippen LogP contribution in [0.1, 0.15) is 61.3 Å². The Bertz CT molecular complexity index is 968. The molecule has 1 heterocycles. The standard InChI is InChI=1S/C29H32O3/c30-29(31-25-20-11-6-12-21-25)28-27(32-28)26-22-14-13-19-24(26)18-10-4-2-1-3-7-15-23-16-8-5-9-17-23/h5-6,8-9,11-14,16-17,19-22,27-28H,1-4,7,10,15,18H2/t27-,28+/m0/s1. The molecule has 1 aliphatic rings. The predicted octanol–water partition coefficient (Wildman–Crippen LogP) is 6.86. The second kappa shape index (κ2) is 11.6. The van der Waals surface area contributed by atoms with E-state index < -0.39 is 6.10 Å². The van der Waals surface area contributed by atoms with Gasteiger partial charge in [0.2, 0.25) is 0 Å². The molecule has 166 valence electrons. The number of carbonyl (C=O) groups is 1. The van der Waals surface area contributed by atoms with Crippen LogP contribution in [0, 0.1) is 0 Å². The molecule has 3 aromatic carbocycles. The quantitative estimate of drug-likeness (QED) is 0.137. The smallest absolute Gasteiger partial charge is 0.343 e. The van der Waals surface area contributed by atoms with E-state index in [2.05, 4.69) is 48.5 Å². The van der Waals surface area contributed by atoms with Crippen LogP contribution in [0.2, 0.25) is 0 Å². The van der Waals surface area contributed by atoms with Crippen LogP contribution in [0.4, 0.5) is 0 Å². The molecule has 0 saturated carbocycles. The summed E-state index contributed by atoms with van der Waals surface area (Å²) in [6, 6.07) is 28.3. The zero-order valence-corrected chi connectivity index (χ0v) is 18.6. The molecule has 0 amide bonds. The highest BCUT2D eigenvalue weighted by molar-refractivity contribution is 5.80. The maximum Gasteiger partial charge on any atom is 0.343 e. The van der Waals surface area contributed by atoms with E-state index in [1.54, 1.807) is 12.1 Å². The Morgan fingerprint density at radius 2 is 1.28 bits per heavy atom. The second-order valence-electron chi connectivity index (χ2n) is 8.52. The summed E-state index contributed by atoms with van der Waals surface area (Å²) in [6.07, 6.45) is 9.09. The van der Waals surface area contributed by atoms with Crippen LogP contribution in [0.25, 0.3) is 0 Å². The van der Waals surface area contributed by atoms with E-state index in [4.69, 9.17) is 9.47 Å². The van der Waals surface area contributed by atoms with E-state index in [1.807, 2.05) is 24.3 Å². The molecule has 3 heteroatoms. The Hall–Kier alpha value is -2.91. The number of aryl methyl sites for hydroxylation is 2. The number of carbonyl (C=O) groups excluding carboxylic acids is 1. The number of epoxide rings is 1. The van der Waals surface area contributed by atoms with Crippen molar-refractivity contribution in [1.82, 2.24) is 0 Å². The molecule has 3 nitrogen and oxygen atoms in total. The van der Waals surface area contributed by atoms with Crippen molar-refractivity contribution in [3.05, 3.63) is 102 Å². The van der Waals surface area contributed by atoms with E-state index in [9.17, 15) is 4.79 Å². The van der Waals surface area contributed by atoms with Crippen LogP contribution in [0.5, 0.6) is 5.75 Å². The average Bonchev–Trinajstić information content (AvgIpc) is 3.63. The maximum atomic E-state index is 12.4. The topological polar surface area (TPSA) is 38.8 Å². The molecule has 3 aromatic rings. The largest absolute Gasteiger partial charge is 0.425 e. The lowest BCUT2D eigenvalue weighted by atomic mass is 9.97. The van der Waals surface area contributed by atoms with Crippen molar-refractivity contribution < 1.29 is 14.3 Å². The summed E-state index contributed by atoms with van der Waals surface area (Å²) < 4.78 is 11.2. The number of hydrogen-bond donors (Lipinski definition) is 0. The third-order valence-corrected chi connectivity index (χ3v) is 6.05. The van der Waals surface area contributed by atoms with Crippen LogP contribution in [0.15, 0.2) is 84.9 Å². The highest BCUT2D eigenvalue weighted by Crippen LogP contribution is 2.41. The Morgan fingerprint density at radius 3 is 2.03 bits per heavy atom. The molecule has 0 radical (unpaired) electrons. The molecule has 32 heavy (non-hydrogen) atoms. The predicted molar refractivity (Wildman–Crippen MR) is 128 cm³/mol. The summed E-state index contributed by atoms with van der Waals surface area (Å²) in [4.78, 5) is 12.4. The molecule has 1 aliphatic heterocycles. The monoisotopic (exact) mass is 428 g/mol. The summed E-state index contributed by atoms with van der Waals surface area (Å²) in [5.74, 6) is 0.246. The minimum Gasteiger partial charge on any atom is -0.425 e. The molecule has 0 spiro atoms. The van der Waals surface area contributed by atoms with Gasteiger partial charge in [-0.25, -0.2) is 4.79 Å². The van der Waals surface area contributed by atoms with E-state index in [1.165, 1.54) is 56.1 Å². The number of esters is 1. The average molecular weight is 429 g/mol. The van der Waals surface area contributed by atoms with Crippen molar-refractivity contribution in [2.24, 2.45) is 0 Å². The fourth-order valence-electron chi connectivity index (χ4n) is 4.23. The molecule has 0 aliphatic carbocycles. The molecular formula is C29H32O3. The number of rotatable bonds is 12. The molecular weight excluding hydrogens is 396 g/mol. The molecule has 0 unspecified atom stereocenters. The number of ether oxygens (including phenoxy) is 2. The number of unbranched alkanes of at least 4 members (excludes halogenated alkanes) is 5. The summed E-state index contributed by atoms with van der Waals surface area (Å²) >= 11 is 0. The van der Waals surface area contributed by atoms with Crippen LogP contribution in [0.3, 0.4) is 0 Å². The summed E-state index contributed by atoms with van der Waals surface area (Å²) in [7, 11) is 0. The molecule has 2 atom stereocenters. The SMILES string of the molecule is O=C(Oc1ccccc1)[C@@H]1O[C@H]1c1ccccc1CCCCCCCCc1ccccc1. The van der Waals surface area contributed by atoms with Gasteiger partial charge < -0.3 is 9.47 Å². The van der Waals surface area contributed by atoms with Crippen molar-refractivity contribution in [2.75, 3.05) is 0 Å². The third kappa shape index (κ3) is 6.54. The molecule has 1 fully saturated rings. The fraction of sp³-hybridized carbons (Fsp3) is 0.345. The van der Waals surface area contributed by atoms with Gasteiger partial charge in [-0.15, -0.1) is 0 Å². The summed E-state index contributed by atoms with van der Waals surface area (Å²) in [6.45, 7) is 0. The van der Waals surface area contributed by atoms with Gasteiger partial charge in [-0.3, -0.25) is 0 Å². The van der Waals surface area contributed by atoms with Crippen molar-refractivity contribution in [2.45, 2.75) is 63.6 Å². The van der Waals surface area contributed by atoms with Gasteiger partial charge in [0.05, 0.1) is 0 Å². The normalized spacial score (nSPS) is 17.1. The van der Waals surface area contributed by atoms with Gasteiger partial charge >= 0.3 is 5.97 Å². The summed E-state index contributed by atoms with van der Waals surface area (Å²) in [5.41, 5.74) is 3.86. The zero-order valence-electron chi connectivity index (χ0n) is 18.6. The van der Waals surface area contributed by atoms with Crippen molar-refractivity contribution in [3.8, 4) is 5.75 Å². The van der Waals surface area contributed by atoms with E-state index >= 15 is 0 Å². The van der Waals surface area contributed by atoms with Crippen molar-refractivity contribution in [3.63, 3.8) is 0 Å². The van der Waals surface area contributed by atoms with Crippen molar-refractivity contribution in [1.29, 1.82) is 0 Å². The highest BCUT2D eigenvalue weighted by atomic mass is 16.6. The lowest BCUT2D eigenvalue weighted by Crippen LogP contribution is -2.15. The van der Waals surface area contributed by atoms with Gasteiger partial charge in [-0.2, -0.15) is 0 Å². The first-order valence-electron chi connectivity index (χ1n) is 11.9. The first-order valence-corrected chi connectivity index (χ1v) is 11.9. The van der Waals surface area contributed by atoms with Crippen LogP contribution < -0.4 is 4.74 Å². The van der Waals surface area contributed by atoms with E-state index in [0.29, 0.717) is 5.75 Å². The lowest BCUT2D eigenvalue weighted by molar-refractivity contribution is -0.135. The number of para-hydroxylation sites is 1. The first kappa shape index (κ1) is 22.3. The van der Waals surface area contributed by atoms with Gasteiger partial charge in [-0.1, -0.05) is 98.5 Å². The minimum atomic E-state index is -0.499. The Labute approximate surface area is 191 Å². The summed E-state index contributed by atoms with van der Waals surface area (Å²) in [5, 5.41) is 0. The van der Waals surface area contributed by atoms with Gasteiger partial charge in [0.25, 0.3) is 0 Å². The van der Waals surface area contributed by atoms with Crippen molar-refractivity contribution >= 4 is 5.97 Å². The van der Waals surface area contributed by atoms with Crippen LogP contribution >= 0.6 is 0 Å². The van der Waals surface area contributed by atoms with Crippen LogP contribution in [-0.2, 0) is 22.4 Å². The van der Waals surface area contributed by atoms with E-state index in [-0.39, 0.29) is 12.1 Å². The lowest BCUT2D eigenvalue weighted by Gasteiger charge is -2.08. The maximum absolute atomic E-state index is 12.4. The number of benzene rings is 3. The first-order chi connectivity index (χ1) is 15.8. The molecule has 1 saturated heterocycles. The van der Waals surface area contributed by atoms with Gasteiger partial charge in [0.15, 0.2) is 6.10 Å². The Balaban J connectivity index is 1.15. The molecule has 0 aromatic heterocycles. The third-order valence-electron chi connectivity index (χ3n) is 6.05. The Morgan fingerprint density at radius 1 is 0.688 bits per heavy atom. The van der Waals surface area contributed by atoms with Gasteiger partial charge in [0.1, 0.15) is 11.9 Å². The van der Waals surface area contributed by atoms with E-state index in [0.717, 1.165) is 12.0 Å². The fourth-order valence-corrected chi connectivity index (χ4v) is 4.23. The minimum absolute atomic E-state index is 0.180. The second-order valence-corrected chi connectivity index (χ2v) is 8.52. The van der Waals surface area contributed by atoms with Crippen LogP contribution in [-0.4, -0.2) is 12.1 Å². The highest BCUT2D eigenvalue weighted by Gasteiger charge is 2.48. The Kier molecular flexibility index (Phi) is 8.11. The molecule has 4 rings (SSSR count). The van der Waals surface area contributed by atoms with Gasteiger partial charge in [0, 0.05) is 0 Å². The molecule has 0 N–H and O–H groups in total. The zero-order chi connectivity index (χ0) is 22.0. The molecule has 0 bridgehead atoms.